The molecule has 0 aliphatic heterocycles. The van der Waals surface area contributed by atoms with E-state index < -0.39 is 17.5 Å². The van der Waals surface area contributed by atoms with Crippen LogP contribution in [0.2, 0.25) is 0 Å². The average Bonchev–Trinajstić information content (AvgIpc) is 2.24. The summed E-state index contributed by atoms with van der Waals surface area (Å²) in [5.41, 5.74) is -0.474. The molecule has 0 unspecified atom stereocenters. The fourth-order valence-electron chi connectivity index (χ4n) is 0.947. The van der Waals surface area contributed by atoms with E-state index in [0.29, 0.717) is 6.61 Å². The number of rotatable bonds is 8. The lowest BCUT2D eigenvalue weighted by Crippen LogP contribution is -2.16. The predicted octanol–water partition coefficient (Wildman–Crippen LogP) is 1.72. The van der Waals surface area contributed by atoms with Crippen LogP contribution in [0.4, 0.5) is 0 Å². The monoisotopic (exact) mass is 230 g/mol. The first-order chi connectivity index (χ1) is 7.63. The number of unbranched alkanes of at least 4 members (excludes halogenated alkanes) is 2. The van der Waals surface area contributed by atoms with E-state index in [2.05, 4.69) is 0 Å². The minimum atomic E-state index is -1.34. The molecule has 0 aromatic rings. The summed E-state index contributed by atoms with van der Waals surface area (Å²) in [6, 6.07) is 0. The third-order valence-corrected chi connectivity index (χ3v) is 1.80. The second-order valence-corrected chi connectivity index (χ2v) is 3.14. The quantitative estimate of drug-likeness (QED) is 0.172. The van der Waals surface area contributed by atoms with Crippen molar-refractivity contribution in [2.45, 2.75) is 33.1 Å². The van der Waals surface area contributed by atoms with Crippen molar-refractivity contribution in [3.63, 3.8) is 0 Å². The number of hydrogen-bond donors (Lipinski definition) is 1. The van der Waals surface area contributed by atoms with Crippen molar-refractivity contribution in [3.05, 3.63) is 11.8 Å². The van der Waals surface area contributed by atoms with E-state index in [-0.39, 0.29) is 6.61 Å². The molecule has 0 fully saturated rings. The number of carbonyl (C=O) groups excluding carboxylic acids is 1. The first kappa shape index (κ1) is 14.5. The van der Waals surface area contributed by atoms with Crippen molar-refractivity contribution >= 4 is 11.9 Å². The fraction of sp³-hybridized carbons (Fsp3) is 0.636. The highest BCUT2D eigenvalue weighted by Crippen LogP contribution is 2.02. The van der Waals surface area contributed by atoms with Crippen LogP contribution in [0.5, 0.6) is 0 Å². The van der Waals surface area contributed by atoms with Crippen LogP contribution in [0.1, 0.15) is 33.1 Å². The van der Waals surface area contributed by atoms with Gasteiger partial charge in [0, 0.05) is 0 Å². The van der Waals surface area contributed by atoms with Gasteiger partial charge in [0.1, 0.15) is 6.26 Å². The number of carbonyl (C=O) groups is 2. The molecule has 1 N–H and O–H groups in total. The highest BCUT2D eigenvalue weighted by Gasteiger charge is 2.19. The smallest absolute Gasteiger partial charge is 0.348 e. The van der Waals surface area contributed by atoms with E-state index in [1.54, 1.807) is 6.92 Å². The van der Waals surface area contributed by atoms with Crippen molar-refractivity contribution in [2.24, 2.45) is 0 Å². The maximum atomic E-state index is 11.3. The number of ether oxygens (including phenoxy) is 2. The van der Waals surface area contributed by atoms with Gasteiger partial charge in [0.05, 0.1) is 13.2 Å². The van der Waals surface area contributed by atoms with Crippen molar-refractivity contribution in [2.75, 3.05) is 13.2 Å². The van der Waals surface area contributed by atoms with Crippen LogP contribution < -0.4 is 0 Å². The molecule has 0 atom stereocenters. The molecule has 0 saturated carbocycles. The molecule has 0 aliphatic carbocycles. The molecule has 16 heavy (non-hydrogen) atoms. The Morgan fingerprint density at radius 3 is 2.44 bits per heavy atom. The summed E-state index contributed by atoms with van der Waals surface area (Å²) in [4.78, 5) is 22.0. The summed E-state index contributed by atoms with van der Waals surface area (Å²) in [5, 5.41) is 8.72. The molecule has 0 aliphatic rings. The average molecular weight is 230 g/mol. The van der Waals surface area contributed by atoms with Gasteiger partial charge in [-0.3, -0.25) is 0 Å². The lowest BCUT2D eigenvalue weighted by Gasteiger charge is -2.04. The van der Waals surface area contributed by atoms with E-state index in [0.717, 1.165) is 25.5 Å². The van der Waals surface area contributed by atoms with Gasteiger partial charge >= 0.3 is 11.9 Å². The molecule has 92 valence electrons. The van der Waals surface area contributed by atoms with Gasteiger partial charge in [0.15, 0.2) is 5.57 Å². The largest absolute Gasteiger partial charge is 0.500 e. The van der Waals surface area contributed by atoms with Gasteiger partial charge < -0.3 is 14.6 Å². The van der Waals surface area contributed by atoms with Gasteiger partial charge in [-0.1, -0.05) is 19.8 Å². The van der Waals surface area contributed by atoms with Crippen LogP contribution in [0.15, 0.2) is 11.8 Å². The third kappa shape index (κ3) is 6.06. The lowest BCUT2D eigenvalue weighted by atomic mass is 10.2. The minimum Gasteiger partial charge on any atom is -0.500 e. The van der Waals surface area contributed by atoms with E-state index >= 15 is 0 Å². The van der Waals surface area contributed by atoms with E-state index in [4.69, 9.17) is 14.6 Å². The van der Waals surface area contributed by atoms with Crippen molar-refractivity contribution in [3.8, 4) is 0 Å². The highest BCUT2D eigenvalue weighted by atomic mass is 16.5. The molecule has 0 aromatic carbocycles. The van der Waals surface area contributed by atoms with Gasteiger partial charge in [-0.05, 0) is 13.3 Å². The Bertz CT molecular complexity index is 257. The first-order valence-corrected chi connectivity index (χ1v) is 5.35. The van der Waals surface area contributed by atoms with Crippen molar-refractivity contribution < 1.29 is 24.2 Å². The van der Waals surface area contributed by atoms with Gasteiger partial charge in [0.2, 0.25) is 0 Å². The predicted molar refractivity (Wildman–Crippen MR) is 57.8 cm³/mol. The lowest BCUT2D eigenvalue weighted by molar-refractivity contribution is -0.144. The topological polar surface area (TPSA) is 72.8 Å². The molecule has 5 heteroatoms. The van der Waals surface area contributed by atoms with Crippen LogP contribution >= 0.6 is 0 Å². The summed E-state index contributed by atoms with van der Waals surface area (Å²) in [5.74, 6) is -2.19. The maximum absolute atomic E-state index is 11.3. The van der Waals surface area contributed by atoms with E-state index in [1.165, 1.54) is 0 Å². The molecule has 0 bridgehead atoms. The molecular weight excluding hydrogens is 212 g/mol. The van der Waals surface area contributed by atoms with E-state index in [1.807, 2.05) is 6.92 Å². The Hall–Kier alpha value is -1.52. The minimum absolute atomic E-state index is 0.240. The molecule has 0 rings (SSSR count). The molecule has 0 radical (unpaired) electrons. The number of carboxylic acids is 1. The molecular formula is C11H18O5. The molecule has 0 amide bonds. The van der Waals surface area contributed by atoms with E-state index in [9.17, 15) is 9.59 Å². The summed E-state index contributed by atoms with van der Waals surface area (Å²) in [6.45, 7) is 4.27. The normalized spacial score (nSPS) is 11.0. The summed E-state index contributed by atoms with van der Waals surface area (Å²) in [6.07, 6.45) is 3.62. The highest BCUT2D eigenvalue weighted by molar-refractivity contribution is 6.12. The number of aliphatic carboxylic acids is 1. The third-order valence-electron chi connectivity index (χ3n) is 1.80. The second kappa shape index (κ2) is 8.76. The van der Waals surface area contributed by atoms with Gasteiger partial charge in [0.25, 0.3) is 0 Å². The molecule has 5 nitrogen and oxygen atoms in total. The summed E-state index contributed by atoms with van der Waals surface area (Å²) in [7, 11) is 0. The zero-order valence-electron chi connectivity index (χ0n) is 9.69. The number of carboxylic acid groups (broad SMARTS) is 1. The zero-order chi connectivity index (χ0) is 12.4. The van der Waals surface area contributed by atoms with Gasteiger partial charge in [-0.15, -0.1) is 0 Å². The zero-order valence-corrected chi connectivity index (χ0v) is 9.69. The second-order valence-electron chi connectivity index (χ2n) is 3.14. The van der Waals surface area contributed by atoms with Crippen LogP contribution in [-0.4, -0.2) is 30.3 Å². The molecule has 0 saturated heterocycles. The Morgan fingerprint density at radius 1 is 1.25 bits per heavy atom. The Morgan fingerprint density at radius 2 is 1.94 bits per heavy atom. The standard InChI is InChI=1S/C11H18O5/c1-3-5-6-7-16-11(14)9(10(12)13)8-15-4-2/h8H,3-7H2,1-2H3,(H,12,13)/b9-8+. The summed E-state index contributed by atoms with van der Waals surface area (Å²) < 4.78 is 9.56. The number of esters is 1. The van der Waals surface area contributed by atoms with Crippen molar-refractivity contribution in [1.82, 2.24) is 0 Å². The molecule has 0 spiro atoms. The van der Waals surface area contributed by atoms with Gasteiger partial charge in [-0.2, -0.15) is 0 Å². The van der Waals surface area contributed by atoms with Gasteiger partial charge in [-0.25, -0.2) is 9.59 Å². The number of hydrogen-bond acceptors (Lipinski definition) is 4. The van der Waals surface area contributed by atoms with Crippen molar-refractivity contribution in [1.29, 1.82) is 0 Å². The Kier molecular flexibility index (Phi) is 7.93. The fourth-order valence-corrected chi connectivity index (χ4v) is 0.947. The van der Waals surface area contributed by atoms with Crippen LogP contribution in [0, 0.1) is 0 Å². The maximum Gasteiger partial charge on any atom is 0.348 e. The van der Waals surface area contributed by atoms with Crippen LogP contribution in [0.3, 0.4) is 0 Å². The van der Waals surface area contributed by atoms with Crippen LogP contribution in [0.25, 0.3) is 0 Å². The first-order valence-electron chi connectivity index (χ1n) is 5.35. The Balaban J connectivity index is 4.13. The molecule has 0 heterocycles. The Labute approximate surface area is 95.0 Å². The SMILES string of the molecule is CCCCCOC(=O)/C(=C/OCC)C(=O)O. The summed E-state index contributed by atoms with van der Waals surface area (Å²) >= 11 is 0. The molecule has 0 aromatic heterocycles. The van der Waals surface area contributed by atoms with Crippen LogP contribution in [-0.2, 0) is 19.1 Å².